The minimum absolute atomic E-state index is 0.0606. The van der Waals surface area contributed by atoms with Gasteiger partial charge in [-0.3, -0.25) is 4.79 Å². The van der Waals surface area contributed by atoms with Crippen LogP contribution in [0.15, 0.2) is 11.8 Å². The molecule has 16 heteroatoms. The number of aliphatic hydroxyl groups is 4. The summed E-state index contributed by atoms with van der Waals surface area (Å²) in [6.07, 6.45) is -5.00. The highest BCUT2D eigenvalue weighted by atomic mass is 16.7. The largest absolute Gasteiger partial charge is 0.467 e. The summed E-state index contributed by atoms with van der Waals surface area (Å²) in [5.41, 5.74) is 24.8. The molecule has 16 nitrogen and oxygen atoms in total. The van der Waals surface area contributed by atoms with Gasteiger partial charge in [0.2, 0.25) is 6.29 Å². The Bertz CT molecular complexity index is 1020. The van der Waals surface area contributed by atoms with Gasteiger partial charge in [-0.25, -0.2) is 0 Å². The number of carbonyl (C=O) groups excluding carboxylic acids is 1. The van der Waals surface area contributed by atoms with Crippen molar-refractivity contribution in [2.75, 3.05) is 39.8 Å². The molecule has 2 saturated heterocycles. The highest BCUT2D eigenvalue weighted by Crippen LogP contribution is 2.47. The van der Waals surface area contributed by atoms with Crippen LogP contribution in [0.4, 0.5) is 0 Å². The predicted molar refractivity (Wildman–Crippen MR) is 154 cm³/mol. The molecule has 4 rings (SSSR count). The van der Waals surface area contributed by atoms with E-state index in [1.54, 1.807) is 13.1 Å². The quantitative estimate of drug-likeness (QED) is 0.0976. The number of carbonyl (C=O) groups is 1. The molecule has 0 spiro atoms. The van der Waals surface area contributed by atoms with E-state index in [0.717, 1.165) is 0 Å². The summed E-state index contributed by atoms with van der Waals surface area (Å²) in [4.78, 5) is 14.1. The maximum absolute atomic E-state index is 14.1. The molecule has 0 radical (unpaired) electrons. The number of β-amino-alcohol motifs (C(OH)–C–C–N with tert-alkyl or cyclic N) is 1. The molecule has 1 saturated carbocycles. The van der Waals surface area contributed by atoms with Crippen LogP contribution in [0.5, 0.6) is 0 Å². The first-order valence-electron chi connectivity index (χ1n) is 14.9. The van der Waals surface area contributed by atoms with Crippen LogP contribution in [-0.4, -0.2) is 137 Å². The molecule has 248 valence electrons. The molecule has 3 fully saturated rings. The topological polar surface area (TPSA) is 289 Å². The highest BCUT2D eigenvalue weighted by molar-refractivity contribution is 5.91. The molecule has 4 aliphatic rings. The van der Waals surface area contributed by atoms with E-state index in [1.165, 1.54) is 6.92 Å². The molecule has 0 aromatic rings. The van der Waals surface area contributed by atoms with E-state index in [1.807, 2.05) is 0 Å². The maximum Gasteiger partial charge on any atom is 0.215 e. The van der Waals surface area contributed by atoms with E-state index in [0.29, 0.717) is 12.2 Å². The molecular formula is C27H51N7O9. The van der Waals surface area contributed by atoms with Crippen LogP contribution in [0.25, 0.3) is 0 Å². The lowest BCUT2D eigenvalue weighted by Crippen LogP contribution is -2.81. The molecule has 0 aromatic carbocycles. The average Bonchev–Trinajstić information content (AvgIpc) is 2.94. The van der Waals surface area contributed by atoms with Crippen molar-refractivity contribution in [3.63, 3.8) is 0 Å². The first kappa shape index (κ1) is 34.5. The Kier molecular flexibility index (Phi) is 10.6. The number of rotatable bonds is 12. The monoisotopic (exact) mass is 617 g/mol. The van der Waals surface area contributed by atoms with Gasteiger partial charge >= 0.3 is 0 Å². The Labute approximate surface area is 251 Å². The van der Waals surface area contributed by atoms with E-state index in [-0.39, 0.29) is 58.5 Å². The van der Waals surface area contributed by atoms with Crippen LogP contribution in [0, 0.1) is 0 Å². The fourth-order valence-electron chi connectivity index (χ4n) is 6.75. The molecule has 43 heavy (non-hydrogen) atoms. The number of Topliss-reactive ketones (excluding diaryl/α,β-unsaturated/α-hetero) is 1. The fraction of sp³-hybridized carbons (Fsp3) is 0.889. The molecule has 0 unspecified atom stereocenters. The van der Waals surface area contributed by atoms with Gasteiger partial charge in [0.25, 0.3) is 0 Å². The zero-order chi connectivity index (χ0) is 31.8. The Morgan fingerprint density at radius 3 is 2.47 bits per heavy atom. The number of aliphatic hydroxyl groups excluding tert-OH is 2. The van der Waals surface area contributed by atoms with Gasteiger partial charge in [-0.05, 0) is 52.3 Å². The molecule has 0 amide bonds. The van der Waals surface area contributed by atoms with Gasteiger partial charge in [-0.15, -0.1) is 0 Å². The number of nitrogens with two attached hydrogens (primary N) is 5. The van der Waals surface area contributed by atoms with Crippen LogP contribution in [0.3, 0.4) is 0 Å². The van der Waals surface area contributed by atoms with Gasteiger partial charge in [0.1, 0.15) is 40.8 Å². The van der Waals surface area contributed by atoms with E-state index < -0.39 is 77.1 Å². The second-order valence-corrected chi connectivity index (χ2v) is 12.8. The predicted octanol–water partition coefficient (Wildman–Crippen LogP) is -5.08. The number of hydrogen-bond donors (Lipinski definition) is 11. The van der Waals surface area contributed by atoms with E-state index in [9.17, 15) is 25.2 Å². The number of ether oxygens (including phenoxy) is 4. The summed E-state index contributed by atoms with van der Waals surface area (Å²) >= 11 is 0. The lowest BCUT2D eigenvalue weighted by atomic mass is 9.60. The Morgan fingerprint density at radius 2 is 1.88 bits per heavy atom. The van der Waals surface area contributed by atoms with Gasteiger partial charge in [-0.1, -0.05) is 0 Å². The van der Waals surface area contributed by atoms with Gasteiger partial charge < -0.3 is 78.7 Å². The first-order chi connectivity index (χ1) is 20.2. The lowest BCUT2D eigenvalue weighted by Gasteiger charge is -2.59. The van der Waals surface area contributed by atoms with Gasteiger partial charge in [0.05, 0.1) is 30.8 Å². The standard InChI is InChI=1S/C27H51N7O9/c1-24(38)13-40-23(18(36)20(24)33-2)43-27(6-3-7-28)21(37)19(42-22-15(30)5-4-14(10-29)41-22)16(31)8-26(27,32)17(35)9-25(39)11-34-12-25/h4,15-16,18-23,33-34,36-39H,3,5-13,28-32H2,1-2H3/t15-,16+,18-,19-,20-,21+,22-,23-,24+,26+,27-/m1/s1. The number of likely N-dealkylation sites (N-methyl/N-ethyl adjacent to an activating group) is 1. The molecule has 16 N–H and O–H groups in total. The van der Waals surface area contributed by atoms with Crippen molar-refractivity contribution in [2.45, 2.75) is 110 Å². The zero-order valence-electron chi connectivity index (χ0n) is 25.0. The molecule has 1 aliphatic carbocycles. The average molecular weight is 618 g/mol. The van der Waals surface area contributed by atoms with Crippen molar-refractivity contribution in [3.05, 3.63) is 11.8 Å². The molecule has 3 aliphatic heterocycles. The van der Waals surface area contributed by atoms with Crippen LogP contribution in [-0.2, 0) is 23.7 Å². The third kappa shape index (κ3) is 6.50. The highest BCUT2D eigenvalue weighted by Gasteiger charge is 2.67. The number of hydrogen-bond acceptors (Lipinski definition) is 16. The van der Waals surface area contributed by atoms with Crippen molar-refractivity contribution in [1.82, 2.24) is 10.6 Å². The Hall–Kier alpha value is -1.35. The summed E-state index contributed by atoms with van der Waals surface area (Å²) in [6.45, 7) is 1.89. The van der Waals surface area contributed by atoms with Crippen LogP contribution < -0.4 is 39.3 Å². The summed E-state index contributed by atoms with van der Waals surface area (Å²) in [7, 11) is 1.56. The molecule has 11 atom stereocenters. The zero-order valence-corrected chi connectivity index (χ0v) is 25.0. The Balaban J connectivity index is 1.75. The molecule has 0 bridgehead atoms. The maximum atomic E-state index is 14.1. The van der Waals surface area contributed by atoms with Crippen molar-refractivity contribution in [3.8, 4) is 0 Å². The number of ketones is 1. The molecular weight excluding hydrogens is 566 g/mol. The second kappa shape index (κ2) is 13.2. The van der Waals surface area contributed by atoms with E-state index >= 15 is 0 Å². The first-order valence-corrected chi connectivity index (χ1v) is 14.9. The van der Waals surface area contributed by atoms with Crippen molar-refractivity contribution < 1.29 is 44.2 Å². The summed E-state index contributed by atoms with van der Waals surface area (Å²) in [6, 6.07) is -2.51. The van der Waals surface area contributed by atoms with Crippen LogP contribution in [0.2, 0.25) is 0 Å². The van der Waals surface area contributed by atoms with Crippen LogP contribution in [0.1, 0.15) is 39.0 Å². The normalized spacial score (nSPS) is 44.7. The molecule has 0 aromatic heterocycles. The van der Waals surface area contributed by atoms with Gasteiger partial charge in [0.15, 0.2) is 12.1 Å². The smallest absolute Gasteiger partial charge is 0.215 e. The third-order valence-corrected chi connectivity index (χ3v) is 9.37. The van der Waals surface area contributed by atoms with Crippen molar-refractivity contribution in [1.29, 1.82) is 0 Å². The summed E-state index contributed by atoms with van der Waals surface area (Å²) in [5, 5.41) is 51.0. The SMILES string of the molecule is CN[C@@H]1[C@@H](O)[C@@H](O[C@]2(CCCN)[C@@H](O)[C@H](O[C@H]3OC(CN)=CC[C@H]3N)[C@@H](N)C[C@]2(N)C(=O)CC2(O)CNC2)OC[C@]1(C)O. The van der Waals surface area contributed by atoms with Crippen LogP contribution >= 0.6 is 0 Å². The van der Waals surface area contributed by atoms with Gasteiger partial charge in [-0.2, -0.15) is 0 Å². The van der Waals surface area contributed by atoms with Crippen molar-refractivity contribution >= 4 is 5.78 Å². The molecule has 3 heterocycles. The van der Waals surface area contributed by atoms with E-state index in [4.69, 9.17) is 47.6 Å². The van der Waals surface area contributed by atoms with E-state index in [2.05, 4.69) is 10.6 Å². The minimum Gasteiger partial charge on any atom is -0.467 e. The minimum atomic E-state index is -1.98. The summed E-state index contributed by atoms with van der Waals surface area (Å²) in [5.74, 6) is -0.131. The number of nitrogens with one attached hydrogen (secondary N) is 2. The third-order valence-electron chi connectivity index (χ3n) is 9.37. The Morgan fingerprint density at radius 1 is 1.19 bits per heavy atom. The summed E-state index contributed by atoms with van der Waals surface area (Å²) < 4.78 is 24.3. The van der Waals surface area contributed by atoms with Gasteiger partial charge in [0, 0.05) is 25.6 Å². The second-order valence-electron chi connectivity index (χ2n) is 12.8. The van der Waals surface area contributed by atoms with Crippen molar-refractivity contribution in [2.24, 2.45) is 28.7 Å². The lowest BCUT2D eigenvalue weighted by molar-refractivity contribution is -0.341. The fourth-order valence-corrected chi connectivity index (χ4v) is 6.75.